The molecule has 2 aromatic rings. The smallest absolute Gasteiger partial charge is 0.331 e. The summed E-state index contributed by atoms with van der Waals surface area (Å²) in [4.78, 5) is 16.1. The number of aryl methyl sites for hydroxylation is 1. The maximum atomic E-state index is 11.5. The summed E-state index contributed by atoms with van der Waals surface area (Å²) in [5.74, 6) is 0.0552. The molecule has 4 nitrogen and oxygen atoms in total. The van der Waals surface area contributed by atoms with Gasteiger partial charge in [-0.2, -0.15) is 0 Å². The van der Waals surface area contributed by atoms with E-state index in [4.69, 9.17) is 4.74 Å². The Morgan fingerprint density at radius 2 is 1.54 bits per heavy atom. The lowest BCUT2D eigenvalue weighted by molar-refractivity contribution is -0.132. The van der Waals surface area contributed by atoms with E-state index in [0.29, 0.717) is 12.0 Å². The van der Waals surface area contributed by atoms with Gasteiger partial charge >= 0.3 is 5.97 Å². The molecule has 4 heteroatoms. The zero-order valence-electron chi connectivity index (χ0n) is 21.9. The van der Waals surface area contributed by atoms with Crippen molar-refractivity contribution in [3.8, 4) is 5.75 Å². The van der Waals surface area contributed by atoms with Crippen LogP contribution in [-0.2, 0) is 4.79 Å². The van der Waals surface area contributed by atoms with Gasteiger partial charge in [0.2, 0.25) is 0 Å². The van der Waals surface area contributed by atoms with Gasteiger partial charge in [-0.3, -0.25) is 4.99 Å². The maximum Gasteiger partial charge on any atom is 0.331 e. The second-order valence-electron chi connectivity index (χ2n) is 9.27. The van der Waals surface area contributed by atoms with Gasteiger partial charge in [-0.05, 0) is 85.4 Å². The van der Waals surface area contributed by atoms with Crippen LogP contribution < -0.4 is 4.74 Å². The van der Waals surface area contributed by atoms with Crippen LogP contribution >= 0.6 is 0 Å². The number of ether oxygens (including phenoxy) is 1. The molecule has 0 fully saturated rings. The lowest BCUT2D eigenvalue weighted by Crippen LogP contribution is -2.00. The first-order valence-corrected chi connectivity index (χ1v) is 13.3. The zero-order valence-corrected chi connectivity index (χ0v) is 21.9. The fourth-order valence-corrected chi connectivity index (χ4v) is 3.92. The molecule has 0 spiro atoms. The number of carboxylic acid groups (broad SMARTS) is 1. The SMILES string of the molecule is CCCCCCCCCCOc1ccc(C=Nc2ccc(C=C(CCCC)C(=O)O)c(C)c2)cc1. The molecule has 0 bridgehead atoms. The number of benzene rings is 2. The Kier molecular flexibility index (Phi) is 13.5. The minimum Gasteiger partial charge on any atom is -0.494 e. The summed E-state index contributed by atoms with van der Waals surface area (Å²) in [7, 11) is 0. The van der Waals surface area contributed by atoms with Crippen LogP contribution in [0.25, 0.3) is 6.08 Å². The van der Waals surface area contributed by atoms with Gasteiger partial charge in [0.25, 0.3) is 0 Å². The summed E-state index contributed by atoms with van der Waals surface area (Å²) in [5.41, 5.74) is 4.25. The van der Waals surface area contributed by atoms with Crippen molar-refractivity contribution in [3.05, 3.63) is 64.7 Å². The predicted octanol–water partition coefficient (Wildman–Crippen LogP) is 8.92. The largest absolute Gasteiger partial charge is 0.494 e. The third kappa shape index (κ3) is 11.4. The van der Waals surface area contributed by atoms with Crippen molar-refractivity contribution in [1.82, 2.24) is 0 Å². The maximum absolute atomic E-state index is 11.5. The van der Waals surface area contributed by atoms with Gasteiger partial charge < -0.3 is 9.84 Å². The van der Waals surface area contributed by atoms with Crippen LogP contribution in [0.2, 0.25) is 0 Å². The highest BCUT2D eigenvalue weighted by Crippen LogP contribution is 2.22. The number of nitrogens with zero attached hydrogens (tertiary/aromatic N) is 1. The Labute approximate surface area is 212 Å². The van der Waals surface area contributed by atoms with Gasteiger partial charge in [-0.15, -0.1) is 0 Å². The molecule has 0 aliphatic rings. The van der Waals surface area contributed by atoms with E-state index in [1.807, 2.05) is 55.6 Å². The zero-order chi connectivity index (χ0) is 25.3. The van der Waals surface area contributed by atoms with Crippen LogP contribution in [-0.4, -0.2) is 23.9 Å². The lowest BCUT2D eigenvalue weighted by Gasteiger charge is -2.07. The van der Waals surface area contributed by atoms with E-state index in [0.717, 1.165) is 54.0 Å². The summed E-state index contributed by atoms with van der Waals surface area (Å²) in [5, 5.41) is 9.45. The highest BCUT2D eigenvalue weighted by Gasteiger charge is 2.08. The molecule has 0 aliphatic heterocycles. The summed E-state index contributed by atoms with van der Waals surface area (Å²) < 4.78 is 5.88. The molecule has 0 aromatic heterocycles. The number of unbranched alkanes of at least 4 members (excludes halogenated alkanes) is 8. The molecule has 0 atom stereocenters. The Morgan fingerprint density at radius 3 is 2.17 bits per heavy atom. The molecule has 0 radical (unpaired) electrons. The van der Waals surface area contributed by atoms with E-state index in [1.54, 1.807) is 6.08 Å². The van der Waals surface area contributed by atoms with Crippen molar-refractivity contribution < 1.29 is 14.6 Å². The lowest BCUT2D eigenvalue weighted by atomic mass is 10.0. The molecule has 0 heterocycles. The van der Waals surface area contributed by atoms with Gasteiger partial charge in [-0.25, -0.2) is 4.79 Å². The van der Waals surface area contributed by atoms with Crippen molar-refractivity contribution >= 4 is 23.9 Å². The summed E-state index contributed by atoms with van der Waals surface area (Å²) in [6, 6.07) is 13.9. The number of aliphatic imine (C=N–C) groups is 1. The van der Waals surface area contributed by atoms with Crippen molar-refractivity contribution in [2.45, 2.75) is 91.4 Å². The first kappa shape index (κ1) is 28.4. The third-order valence-corrected chi connectivity index (χ3v) is 6.17. The molecular weight excluding hydrogens is 434 g/mol. The van der Waals surface area contributed by atoms with Crippen molar-refractivity contribution in [1.29, 1.82) is 0 Å². The normalized spacial score (nSPS) is 11.8. The van der Waals surface area contributed by atoms with Crippen LogP contribution in [0.3, 0.4) is 0 Å². The van der Waals surface area contributed by atoms with Crippen molar-refractivity contribution in [2.75, 3.05) is 6.61 Å². The minimum atomic E-state index is -0.842. The molecule has 0 amide bonds. The summed E-state index contributed by atoms with van der Waals surface area (Å²) in [6.45, 7) is 7.08. The number of aliphatic carboxylic acids is 1. The van der Waals surface area contributed by atoms with E-state index in [-0.39, 0.29) is 0 Å². The number of hydrogen-bond donors (Lipinski definition) is 1. The first-order valence-electron chi connectivity index (χ1n) is 13.3. The molecule has 0 saturated heterocycles. The molecule has 0 saturated carbocycles. The van der Waals surface area contributed by atoms with Crippen LogP contribution in [0.1, 0.15) is 101 Å². The molecule has 35 heavy (non-hydrogen) atoms. The number of carbonyl (C=O) groups is 1. The highest BCUT2D eigenvalue weighted by atomic mass is 16.5. The molecule has 2 aromatic carbocycles. The molecule has 190 valence electrons. The third-order valence-electron chi connectivity index (χ3n) is 6.17. The second-order valence-corrected chi connectivity index (χ2v) is 9.27. The first-order chi connectivity index (χ1) is 17.0. The number of carboxylic acids is 1. The predicted molar refractivity (Wildman–Crippen MR) is 148 cm³/mol. The quantitative estimate of drug-likeness (QED) is 0.140. The van der Waals surface area contributed by atoms with E-state index in [9.17, 15) is 9.90 Å². The topological polar surface area (TPSA) is 58.9 Å². The average Bonchev–Trinajstić information content (AvgIpc) is 2.86. The van der Waals surface area contributed by atoms with Crippen LogP contribution in [0.5, 0.6) is 5.75 Å². The summed E-state index contributed by atoms with van der Waals surface area (Å²) >= 11 is 0. The fourth-order valence-electron chi connectivity index (χ4n) is 3.92. The molecule has 0 unspecified atom stereocenters. The fraction of sp³-hybridized carbons (Fsp3) is 0.484. The van der Waals surface area contributed by atoms with Gasteiger partial charge in [0.15, 0.2) is 0 Å². The highest BCUT2D eigenvalue weighted by molar-refractivity contribution is 5.92. The van der Waals surface area contributed by atoms with Gasteiger partial charge in [0.1, 0.15) is 5.75 Å². The van der Waals surface area contributed by atoms with Crippen LogP contribution in [0.4, 0.5) is 5.69 Å². The minimum absolute atomic E-state index is 0.455. The Hall–Kier alpha value is -2.88. The monoisotopic (exact) mass is 477 g/mol. The van der Waals surface area contributed by atoms with Gasteiger partial charge in [-0.1, -0.05) is 71.3 Å². The second kappa shape index (κ2) is 16.7. The van der Waals surface area contributed by atoms with Crippen LogP contribution in [0, 0.1) is 6.92 Å². The molecule has 1 N–H and O–H groups in total. The Bertz CT molecular complexity index is 944. The van der Waals surface area contributed by atoms with E-state index >= 15 is 0 Å². The molecule has 0 aliphatic carbocycles. The number of hydrogen-bond acceptors (Lipinski definition) is 3. The van der Waals surface area contributed by atoms with Gasteiger partial charge in [0.05, 0.1) is 12.3 Å². The van der Waals surface area contributed by atoms with E-state index in [2.05, 4.69) is 18.8 Å². The molecular formula is C31H43NO3. The van der Waals surface area contributed by atoms with E-state index < -0.39 is 5.97 Å². The molecule has 2 rings (SSSR count). The summed E-state index contributed by atoms with van der Waals surface area (Å²) in [6.07, 6.45) is 16.5. The van der Waals surface area contributed by atoms with E-state index in [1.165, 1.54) is 44.9 Å². The Morgan fingerprint density at radius 1 is 0.886 bits per heavy atom. The van der Waals surface area contributed by atoms with Crippen LogP contribution in [0.15, 0.2) is 53.0 Å². The van der Waals surface area contributed by atoms with Crippen molar-refractivity contribution in [3.63, 3.8) is 0 Å². The van der Waals surface area contributed by atoms with Gasteiger partial charge in [0, 0.05) is 11.8 Å². The standard InChI is InChI=1S/C31H43NO3/c1-4-6-8-9-10-11-12-13-21-35-30-19-15-26(16-20-30)24-32-29-18-17-27(25(3)22-29)23-28(31(33)34)14-7-5-2/h15-20,22-24H,4-14,21H2,1-3H3,(H,33,34). The Balaban J connectivity index is 1.82. The van der Waals surface area contributed by atoms with Crippen molar-refractivity contribution in [2.24, 2.45) is 4.99 Å². The average molecular weight is 478 g/mol. The number of rotatable bonds is 17.